The molecule has 0 saturated carbocycles. The predicted octanol–water partition coefficient (Wildman–Crippen LogP) is 3.48. The third kappa shape index (κ3) is 3.28. The van der Waals surface area contributed by atoms with Crippen molar-refractivity contribution >= 4 is 27.2 Å². The molecule has 0 saturated heterocycles. The van der Waals surface area contributed by atoms with E-state index in [-0.39, 0.29) is 12.1 Å². The standard InChI is InChI=1S/C20H20N4O2S/c1-26-14-8-6-13(7-9-14)22-12-17-23-19-18(20(25)24(17)11-10-21)15-4-2-3-5-16(15)27-19/h6-9,22H,2-5,11-12H2,1H3. The first-order valence-electron chi connectivity index (χ1n) is 9.00. The summed E-state index contributed by atoms with van der Waals surface area (Å²) < 4.78 is 6.67. The van der Waals surface area contributed by atoms with Gasteiger partial charge >= 0.3 is 0 Å². The lowest BCUT2D eigenvalue weighted by Crippen LogP contribution is -2.26. The molecule has 0 aliphatic heterocycles. The van der Waals surface area contributed by atoms with E-state index in [0.29, 0.717) is 12.4 Å². The number of methoxy groups -OCH3 is 1. The topological polar surface area (TPSA) is 79.9 Å². The number of anilines is 1. The molecule has 7 heteroatoms. The summed E-state index contributed by atoms with van der Waals surface area (Å²) >= 11 is 1.63. The van der Waals surface area contributed by atoms with Crippen LogP contribution in [0.3, 0.4) is 0 Å². The largest absolute Gasteiger partial charge is 0.497 e. The van der Waals surface area contributed by atoms with Crippen molar-refractivity contribution in [3.63, 3.8) is 0 Å². The van der Waals surface area contributed by atoms with E-state index in [1.807, 2.05) is 24.3 Å². The van der Waals surface area contributed by atoms with Gasteiger partial charge < -0.3 is 10.1 Å². The van der Waals surface area contributed by atoms with Crippen molar-refractivity contribution in [1.29, 1.82) is 5.26 Å². The van der Waals surface area contributed by atoms with Crippen molar-refractivity contribution in [3.8, 4) is 11.8 Å². The molecular formula is C20H20N4O2S. The third-order valence-electron chi connectivity index (χ3n) is 4.92. The number of fused-ring (bicyclic) bond motifs is 3. The van der Waals surface area contributed by atoms with Gasteiger partial charge in [-0.2, -0.15) is 5.26 Å². The summed E-state index contributed by atoms with van der Waals surface area (Å²) in [5, 5.41) is 13.2. The Morgan fingerprint density at radius 1 is 1.30 bits per heavy atom. The number of thiophene rings is 1. The molecule has 0 radical (unpaired) electrons. The van der Waals surface area contributed by atoms with Gasteiger partial charge in [-0.15, -0.1) is 11.3 Å². The van der Waals surface area contributed by atoms with Gasteiger partial charge in [0.15, 0.2) is 0 Å². The Kier molecular flexibility index (Phi) is 4.82. The van der Waals surface area contributed by atoms with Gasteiger partial charge in [-0.05, 0) is 55.5 Å². The highest BCUT2D eigenvalue weighted by atomic mass is 32.1. The molecular weight excluding hydrogens is 360 g/mol. The molecule has 27 heavy (non-hydrogen) atoms. The molecule has 0 fully saturated rings. The predicted molar refractivity (Wildman–Crippen MR) is 106 cm³/mol. The monoisotopic (exact) mass is 380 g/mol. The smallest absolute Gasteiger partial charge is 0.263 e. The molecule has 3 aromatic rings. The summed E-state index contributed by atoms with van der Waals surface area (Å²) in [5.74, 6) is 1.37. The molecule has 1 aromatic carbocycles. The molecule has 0 atom stereocenters. The van der Waals surface area contributed by atoms with Gasteiger partial charge in [0.2, 0.25) is 0 Å². The fourth-order valence-electron chi connectivity index (χ4n) is 3.54. The molecule has 0 unspecified atom stereocenters. The van der Waals surface area contributed by atoms with Gasteiger partial charge in [-0.25, -0.2) is 4.98 Å². The van der Waals surface area contributed by atoms with E-state index in [9.17, 15) is 10.1 Å². The molecule has 1 aliphatic carbocycles. The van der Waals surface area contributed by atoms with Gasteiger partial charge in [0.05, 0.1) is 25.1 Å². The second kappa shape index (κ2) is 7.41. The van der Waals surface area contributed by atoms with E-state index in [2.05, 4.69) is 11.4 Å². The quantitative estimate of drug-likeness (QED) is 0.733. The zero-order valence-corrected chi connectivity index (χ0v) is 15.9. The van der Waals surface area contributed by atoms with E-state index >= 15 is 0 Å². The first kappa shape index (κ1) is 17.6. The number of nitriles is 1. The van der Waals surface area contributed by atoms with Crippen LogP contribution in [0.4, 0.5) is 5.69 Å². The van der Waals surface area contributed by atoms with Crippen molar-refractivity contribution in [2.75, 3.05) is 12.4 Å². The molecule has 0 spiro atoms. The minimum absolute atomic E-state index is 0.00597. The number of ether oxygens (including phenoxy) is 1. The summed E-state index contributed by atoms with van der Waals surface area (Å²) in [6.45, 7) is 0.383. The molecule has 2 heterocycles. The summed E-state index contributed by atoms with van der Waals surface area (Å²) in [6.07, 6.45) is 4.23. The van der Waals surface area contributed by atoms with Gasteiger partial charge in [-0.3, -0.25) is 9.36 Å². The van der Waals surface area contributed by atoms with E-state index in [4.69, 9.17) is 9.72 Å². The van der Waals surface area contributed by atoms with Crippen molar-refractivity contribution in [2.45, 2.75) is 38.8 Å². The Labute approximate surface area is 161 Å². The molecule has 6 nitrogen and oxygen atoms in total. The number of benzene rings is 1. The Morgan fingerprint density at radius 2 is 2.07 bits per heavy atom. The molecule has 0 bridgehead atoms. The van der Waals surface area contributed by atoms with Crippen LogP contribution in [0, 0.1) is 11.3 Å². The fraction of sp³-hybridized carbons (Fsp3) is 0.350. The number of nitrogens with zero attached hydrogens (tertiary/aromatic N) is 3. The van der Waals surface area contributed by atoms with Crippen molar-refractivity contribution in [2.24, 2.45) is 0 Å². The van der Waals surface area contributed by atoms with Crippen LogP contribution in [-0.2, 0) is 25.9 Å². The second-order valence-corrected chi connectivity index (χ2v) is 7.63. The molecule has 4 rings (SSSR count). The maximum Gasteiger partial charge on any atom is 0.263 e. The minimum atomic E-state index is -0.0903. The Morgan fingerprint density at radius 3 is 2.81 bits per heavy atom. The van der Waals surface area contributed by atoms with Gasteiger partial charge in [0.1, 0.15) is 22.9 Å². The Hall–Kier alpha value is -2.85. The van der Waals surface area contributed by atoms with Crippen molar-refractivity contribution < 1.29 is 4.74 Å². The van der Waals surface area contributed by atoms with Crippen LogP contribution >= 0.6 is 11.3 Å². The lowest BCUT2D eigenvalue weighted by molar-refractivity contribution is 0.415. The van der Waals surface area contributed by atoms with Crippen molar-refractivity contribution in [1.82, 2.24) is 9.55 Å². The van der Waals surface area contributed by atoms with E-state index in [1.54, 1.807) is 18.4 Å². The summed E-state index contributed by atoms with van der Waals surface area (Å²) in [5.41, 5.74) is 1.96. The number of nitrogens with one attached hydrogen (secondary N) is 1. The van der Waals surface area contributed by atoms with Gasteiger partial charge in [0.25, 0.3) is 5.56 Å². The Bertz CT molecular complexity index is 1080. The van der Waals surface area contributed by atoms with Crippen LogP contribution in [0.1, 0.15) is 29.1 Å². The first-order chi connectivity index (χ1) is 13.2. The van der Waals surface area contributed by atoms with Crippen LogP contribution in [-0.4, -0.2) is 16.7 Å². The molecule has 138 valence electrons. The SMILES string of the molecule is COc1ccc(NCc2nc3sc4c(c3c(=O)n2CC#N)CCCC4)cc1. The second-order valence-electron chi connectivity index (χ2n) is 6.55. The Balaban J connectivity index is 1.71. The van der Waals surface area contributed by atoms with Crippen LogP contribution in [0.25, 0.3) is 10.2 Å². The normalized spacial score (nSPS) is 13.2. The number of hydrogen-bond acceptors (Lipinski definition) is 6. The van der Waals surface area contributed by atoms with E-state index < -0.39 is 0 Å². The van der Waals surface area contributed by atoms with Crippen LogP contribution in [0.2, 0.25) is 0 Å². The maximum absolute atomic E-state index is 13.1. The highest BCUT2D eigenvalue weighted by Gasteiger charge is 2.21. The molecule has 2 aromatic heterocycles. The van der Waals surface area contributed by atoms with E-state index in [0.717, 1.165) is 52.9 Å². The maximum atomic E-state index is 13.1. The minimum Gasteiger partial charge on any atom is -0.497 e. The summed E-state index contributed by atoms with van der Waals surface area (Å²) in [4.78, 5) is 19.9. The zero-order valence-electron chi connectivity index (χ0n) is 15.1. The first-order valence-corrected chi connectivity index (χ1v) is 9.81. The summed E-state index contributed by atoms with van der Waals surface area (Å²) in [6, 6.07) is 9.66. The fourth-order valence-corrected chi connectivity index (χ4v) is 4.81. The van der Waals surface area contributed by atoms with Crippen molar-refractivity contribution in [3.05, 3.63) is 50.9 Å². The van der Waals surface area contributed by atoms with Gasteiger partial charge in [-0.1, -0.05) is 0 Å². The van der Waals surface area contributed by atoms with E-state index in [1.165, 1.54) is 9.44 Å². The lowest BCUT2D eigenvalue weighted by atomic mass is 9.97. The average molecular weight is 380 g/mol. The molecule has 0 amide bonds. The van der Waals surface area contributed by atoms with Crippen LogP contribution in [0.15, 0.2) is 29.1 Å². The molecule has 1 aliphatic rings. The zero-order chi connectivity index (χ0) is 18.8. The number of rotatable bonds is 5. The molecule has 1 N–H and O–H groups in total. The highest BCUT2D eigenvalue weighted by molar-refractivity contribution is 7.18. The average Bonchev–Trinajstić information content (AvgIpc) is 3.07. The highest BCUT2D eigenvalue weighted by Crippen LogP contribution is 2.33. The lowest BCUT2D eigenvalue weighted by Gasteiger charge is -2.13. The number of aromatic nitrogens is 2. The summed E-state index contributed by atoms with van der Waals surface area (Å²) in [7, 11) is 1.63. The number of hydrogen-bond donors (Lipinski definition) is 1. The van der Waals surface area contributed by atoms with Crippen LogP contribution < -0.4 is 15.6 Å². The van der Waals surface area contributed by atoms with Gasteiger partial charge in [0, 0.05) is 10.6 Å². The third-order valence-corrected chi connectivity index (χ3v) is 6.11. The number of aryl methyl sites for hydroxylation is 2. The van der Waals surface area contributed by atoms with Crippen LogP contribution in [0.5, 0.6) is 5.75 Å².